The minimum Gasteiger partial charge on any atom is -0.387 e. The number of imidazole rings is 1. The lowest BCUT2D eigenvalue weighted by Gasteiger charge is -2.16. The predicted molar refractivity (Wildman–Crippen MR) is 104 cm³/mol. The van der Waals surface area contributed by atoms with E-state index in [1.165, 1.54) is 17.2 Å². The number of anilines is 1. The Morgan fingerprint density at radius 2 is 1.90 bits per heavy atom. The summed E-state index contributed by atoms with van der Waals surface area (Å²) < 4.78 is 34.2. The van der Waals surface area contributed by atoms with Crippen molar-refractivity contribution in [2.45, 2.75) is 29.4 Å². The van der Waals surface area contributed by atoms with E-state index in [9.17, 15) is 28.7 Å². The molecule has 0 amide bonds. The fourth-order valence-electron chi connectivity index (χ4n) is 3.21. The first-order valence-corrected chi connectivity index (χ1v) is 10.4. The minimum atomic E-state index is -4.04. The van der Waals surface area contributed by atoms with Crippen molar-refractivity contribution in [3.8, 4) is 0 Å². The third kappa shape index (κ3) is 3.79. The van der Waals surface area contributed by atoms with Crippen molar-refractivity contribution in [1.82, 2.24) is 24.2 Å². The third-order valence-electron chi connectivity index (χ3n) is 4.83. The van der Waals surface area contributed by atoms with Crippen molar-refractivity contribution in [3.63, 3.8) is 0 Å². The van der Waals surface area contributed by atoms with Gasteiger partial charge in [-0.1, -0.05) is 0 Å². The summed E-state index contributed by atoms with van der Waals surface area (Å²) >= 11 is 0. The molecule has 1 aliphatic rings. The van der Waals surface area contributed by atoms with Crippen molar-refractivity contribution >= 4 is 32.7 Å². The van der Waals surface area contributed by atoms with Crippen LogP contribution in [-0.4, -0.2) is 67.9 Å². The minimum absolute atomic E-state index is 0.129. The van der Waals surface area contributed by atoms with Gasteiger partial charge in [0, 0.05) is 18.7 Å². The number of nitro groups is 1. The number of nitrogen functional groups attached to an aromatic ring is 1. The van der Waals surface area contributed by atoms with Crippen LogP contribution >= 0.6 is 0 Å². The van der Waals surface area contributed by atoms with Crippen molar-refractivity contribution in [3.05, 3.63) is 47.0 Å². The Morgan fingerprint density at radius 3 is 2.58 bits per heavy atom. The molecular weight excluding hydrogens is 434 g/mol. The Hall–Kier alpha value is -3.24. The van der Waals surface area contributed by atoms with Gasteiger partial charge in [0.15, 0.2) is 17.7 Å². The Bertz CT molecular complexity index is 1230. The number of rotatable bonds is 6. The van der Waals surface area contributed by atoms with E-state index in [0.29, 0.717) is 0 Å². The lowest BCUT2D eigenvalue weighted by molar-refractivity contribution is -0.384. The summed E-state index contributed by atoms with van der Waals surface area (Å²) in [7, 11) is -4.04. The Balaban J connectivity index is 1.49. The number of non-ortho nitro benzene ring substituents is 1. The topological polar surface area (TPSA) is 209 Å². The van der Waals surface area contributed by atoms with Crippen LogP contribution in [0.2, 0.25) is 0 Å². The molecule has 31 heavy (non-hydrogen) atoms. The monoisotopic (exact) mass is 451 g/mol. The van der Waals surface area contributed by atoms with Crippen LogP contribution in [0.15, 0.2) is 41.8 Å². The van der Waals surface area contributed by atoms with Crippen molar-refractivity contribution in [2.24, 2.45) is 0 Å². The molecule has 2 aromatic heterocycles. The molecule has 3 heterocycles. The van der Waals surface area contributed by atoms with Gasteiger partial charge in [0.05, 0.1) is 16.1 Å². The van der Waals surface area contributed by atoms with Crippen LogP contribution in [0.5, 0.6) is 0 Å². The number of sulfonamides is 1. The molecule has 5 N–H and O–H groups in total. The van der Waals surface area contributed by atoms with Crippen LogP contribution in [0.25, 0.3) is 11.2 Å². The van der Waals surface area contributed by atoms with Gasteiger partial charge >= 0.3 is 0 Å². The second-order valence-corrected chi connectivity index (χ2v) is 8.50. The summed E-state index contributed by atoms with van der Waals surface area (Å²) in [6, 6.07) is 4.30. The first kappa shape index (κ1) is 21.0. The zero-order valence-electron chi connectivity index (χ0n) is 15.6. The highest BCUT2D eigenvalue weighted by Crippen LogP contribution is 2.32. The molecular formula is C16H17N7O7S. The van der Waals surface area contributed by atoms with Gasteiger partial charge in [0.25, 0.3) is 5.69 Å². The molecule has 14 nitrogen and oxygen atoms in total. The number of nitrogens with two attached hydrogens (primary N) is 1. The molecule has 15 heteroatoms. The largest absolute Gasteiger partial charge is 0.387 e. The maximum Gasteiger partial charge on any atom is 0.269 e. The van der Waals surface area contributed by atoms with E-state index in [1.807, 2.05) is 0 Å². The number of aliphatic hydroxyl groups excluding tert-OH is 2. The third-order valence-corrected chi connectivity index (χ3v) is 6.27. The van der Waals surface area contributed by atoms with Crippen molar-refractivity contribution < 1.29 is 28.3 Å². The lowest BCUT2D eigenvalue weighted by atomic mass is 10.1. The first-order valence-electron chi connectivity index (χ1n) is 8.88. The van der Waals surface area contributed by atoms with E-state index in [1.54, 1.807) is 0 Å². The number of benzene rings is 1. The van der Waals surface area contributed by atoms with E-state index in [-0.39, 0.29) is 34.1 Å². The van der Waals surface area contributed by atoms with Crippen LogP contribution < -0.4 is 10.5 Å². The van der Waals surface area contributed by atoms with Crippen LogP contribution in [0.4, 0.5) is 11.5 Å². The van der Waals surface area contributed by atoms with Crippen LogP contribution in [0, 0.1) is 10.1 Å². The summed E-state index contributed by atoms with van der Waals surface area (Å²) in [5.74, 6) is 0.129. The van der Waals surface area contributed by atoms with Gasteiger partial charge in [-0.25, -0.2) is 28.1 Å². The number of nitrogens with one attached hydrogen (secondary N) is 1. The number of nitrogens with zero attached hydrogens (tertiary/aromatic N) is 5. The molecule has 0 saturated carbocycles. The van der Waals surface area contributed by atoms with Gasteiger partial charge in [-0.2, -0.15) is 0 Å². The summed E-state index contributed by atoms with van der Waals surface area (Å²) in [5.41, 5.74) is 6.05. The van der Waals surface area contributed by atoms with Gasteiger partial charge in [-0.05, 0) is 12.1 Å². The van der Waals surface area contributed by atoms with E-state index in [4.69, 9.17) is 10.5 Å². The van der Waals surface area contributed by atoms with Crippen molar-refractivity contribution in [2.75, 3.05) is 12.3 Å². The van der Waals surface area contributed by atoms with Crippen LogP contribution in [0.3, 0.4) is 0 Å². The summed E-state index contributed by atoms with van der Waals surface area (Å²) in [5, 5.41) is 31.5. The van der Waals surface area contributed by atoms with Crippen LogP contribution in [-0.2, 0) is 14.8 Å². The molecule has 0 radical (unpaired) electrons. The van der Waals surface area contributed by atoms with Gasteiger partial charge in [0.1, 0.15) is 30.2 Å². The van der Waals surface area contributed by atoms with Gasteiger partial charge in [0.2, 0.25) is 10.0 Å². The number of aliphatic hydroxyl groups is 2. The number of hydrogen-bond acceptors (Lipinski definition) is 11. The summed E-state index contributed by atoms with van der Waals surface area (Å²) in [6.07, 6.45) is -2.47. The van der Waals surface area contributed by atoms with Crippen molar-refractivity contribution in [1.29, 1.82) is 0 Å². The number of aromatic nitrogens is 4. The Labute approximate surface area is 174 Å². The summed E-state index contributed by atoms with van der Waals surface area (Å²) in [6.45, 7) is -0.363. The zero-order valence-corrected chi connectivity index (χ0v) is 16.5. The molecule has 3 aromatic rings. The average Bonchev–Trinajstić information content (AvgIpc) is 3.29. The number of fused-ring (bicyclic) bond motifs is 1. The second-order valence-electron chi connectivity index (χ2n) is 6.73. The number of nitro benzene ring substituents is 1. The first-order chi connectivity index (χ1) is 14.7. The van der Waals surface area contributed by atoms with E-state index in [2.05, 4.69) is 19.7 Å². The van der Waals surface area contributed by atoms with Gasteiger partial charge < -0.3 is 20.7 Å². The fourth-order valence-corrected chi connectivity index (χ4v) is 4.25. The smallest absolute Gasteiger partial charge is 0.269 e. The molecule has 1 aromatic carbocycles. The number of ether oxygens (including phenoxy) is 1. The maximum absolute atomic E-state index is 12.5. The maximum atomic E-state index is 12.5. The molecule has 0 spiro atoms. The van der Waals surface area contributed by atoms with E-state index >= 15 is 0 Å². The summed E-state index contributed by atoms with van der Waals surface area (Å²) in [4.78, 5) is 21.8. The standard InChI is InChI=1S/C16H17N7O7S/c17-14-11-15(19-6-18-14)22(7-20-11)16-13(25)12(24)10(30-16)5-21-31(28,29)9-3-1-8(2-4-9)23(26)27/h1-4,6-7,10,12-13,16,21,24-25H,5H2,(H2,17,18,19)/t10-,12-,13-,16-/m1/s1. The van der Waals surface area contributed by atoms with E-state index in [0.717, 1.165) is 24.3 Å². The molecule has 0 unspecified atom stereocenters. The molecule has 4 rings (SSSR count). The van der Waals surface area contributed by atoms with Crippen LogP contribution in [0.1, 0.15) is 6.23 Å². The van der Waals surface area contributed by atoms with Gasteiger partial charge in [-0.3, -0.25) is 14.7 Å². The lowest BCUT2D eigenvalue weighted by Crippen LogP contribution is -2.39. The number of hydrogen-bond donors (Lipinski definition) is 4. The molecule has 164 valence electrons. The fraction of sp³-hybridized carbons (Fsp3) is 0.312. The molecule has 0 aliphatic carbocycles. The van der Waals surface area contributed by atoms with E-state index < -0.39 is 39.5 Å². The SMILES string of the molecule is Nc1ncnc2c1ncn2[C@@H]1O[C@H](CNS(=O)(=O)c2ccc([N+](=O)[O-])cc2)[C@@H](O)[C@H]1O. The highest BCUT2D eigenvalue weighted by molar-refractivity contribution is 7.89. The second kappa shape index (κ2) is 7.78. The zero-order chi connectivity index (χ0) is 22.3. The van der Waals surface area contributed by atoms with Gasteiger partial charge in [-0.15, -0.1) is 0 Å². The average molecular weight is 451 g/mol. The molecule has 1 saturated heterocycles. The highest BCUT2D eigenvalue weighted by Gasteiger charge is 2.44. The predicted octanol–water partition coefficient (Wildman–Crippen LogP) is -1.09. The molecule has 1 aliphatic heterocycles. The molecule has 4 atom stereocenters. The normalized spacial score (nSPS) is 23.9. The highest BCUT2D eigenvalue weighted by atomic mass is 32.2. The molecule has 0 bridgehead atoms. The Morgan fingerprint density at radius 1 is 1.19 bits per heavy atom. The quantitative estimate of drug-likeness (QED) is 0.261. The molecule has 1 fully saturated rings. The Kier molecular flexibility index (Phi) is 5.28.